The third-order valence-corrected chi connectivity index (χ3v) is 5.14. The summed E-state index contributed by atoms with van der Waals surface area (Å²) in [4.78, 5) is 20.6. The Labute approximate surface area is 193 Å². The van der Waals surface area contributed by atoms with Crippen LogP contribution in [-0.4, -0.2) is 22.0 Å². The van der Waals surface area contributed by atoms with Crippen LogP contribution in [0.2, 0.25) is 0 Å². The Morgan fingerprint density at radius 2 is 1.97 bits per heavy atom. The molecule has 0 bridgehead atoms. The molecule has 0 spiro atoms. The molecule has 11 heteroatoms. The Hall–Kier alpha value is -5.29. The van der Waals surface area contributed by atoms with Crippen LogP contribution in [0.5, 0.6) is 5.75 Å². The number of rotatable bonds is 5. The molecule has 0 saturated carbocycles. The lowest BCUT2D eigenvalue weighted by molar-refractivity contribution is 0.0691. The number of ether oxygens (including phenoxy) is 1. The van der Waals surface area contributed by atoms with E-state index in [0.717, 1.165) is 5.56 Å². The molecule has 0 amide bonds. The number of nitrogen functional groups attached to an aromatic ring is 2. The first-order valence-electron chi connectivity index (χ1n) is 9.95. The fraction of sp³-hybridized carbons (Fsp3) is 0.0870. The Morgan fingerprint density at radius 3 is 2.65 bits per heavy atom. The fourth-order valence-corrected chi connectivity index (χ4v) is 3.57. The van der Waals surface area contributed by atoms with Gasteiger partial charge < -0.3 is 26.6 Å². The van der Waals surface area contributed by atoms with Gasteiger partial charge in [-0.05, 0) is 23.3 Å². The molecule has 11 nitrogen and oxygen atoms in total. The van der Waals surface area contributed by atoms with E-state index >= 15 is 0 Å². The summed E-state index contributed by atoms with van der Waals surface area (Å²) >= 11 is 0. The van der Waals surface area contributed by atoms with Gasteiger partial charge in [-0.25, -0.2) is 14.8 Å². The normalized spacial score (nSPS) is 13.9. The Bertz CT molecular complexity index is 1390. The highest BCUT2D eigenvalue weighted by molar-refractivity contribution is 5.98. The number of benzene rings is 2. The van der Waals surface area contributed by atoms with E-state index in [-0.39, 0.29) is 46.8 Å². The molecule has 1 aliphatic heterocycles. The van der Waals surface area contributed by atoms with Crippen LogP contribution in [0.25, 0.3) is 0 Å². The largest absolute Gasteiger partial charge is 0.488 e. The van der Waals surface area contributed by atoms with E-state index in [9.17, 15) is 15.2 Å². The predicted octanol–water partition coefficient (Wildman–Crippen LogP) is 2.34. The number of hydrogen-bond donors (Lipinski definition) is 5. The maximum absolute atomic E-state index is 12.0. The van der Waals surface area contributed by atoms with Gasteiger partial charge in [0.25, 0.3) is 0 Å². The van der Waals surface area contributed by atoms with Crippen molar-refractivity contribution in [3.8, 4) is 18.0 Å². The van der Waals surface area contributed by atoms with Crippen molar-refractivity contribution in [2.24, 2.45) is 4.99 Å². The molecule has 2 heterocycles. The van der Waals surface area contributed by atoms with Gasteiger partial charge in [0.2, 0.25) is 5.96 Å². The number of carbonyl (C=O) groups is 1. The molecular formula is C23H18N8O3. The number of nitrogens with zero attached hydrogens (tertiary/aromatic N) is 4. The van der Waals surface area contributed by atoms with Crippen LogP contribution >= 0.6 is 0 Å². The topological polar surface area (TPSA) is 195 Å². The Kier molecular flexibility index (Phi) is 5.84. The fourth-order valence-electron chi connectivity index (χ4n) is 3.57. The van der Waals surface area contributed by atoms with Crippen molar-refractivity contribution in [1.82, 2.24) is 10.3 Å². The molecule has 1 unspecified atom stereocenters. The van der Waals surface area contributed by atoms with E-state index in [4.69, 9.17) is 21.5 Å². The number of hydrogen-bond acceptors (Lipinski definition) is 10. The number of guanidine groups is 1. The third-order valence-electron chi connectivity index (χ3n) is 5.14. The smallest absolute Gasteiger partial charge is 0.339 e. The number of anilines is 3. The number of pyridine rings is 1. The van der Waals surface area contributed by atoms with Crippen LogP contribution < -0.4 is 26.8 Å². The molecule has 0 saturated heterocycles. The van der Waals surface area contributed by atoms with Crippen molar-refractivity contribution in [1.29, 1.82) is 10.5 Å². The summed E-state index contributed by atoms with van der Waals surface area (Å²) in [7, 11) is 0. The first kappa shape index (κ1) is 21.9. The van der Waals surface area contributed by atoms with Crippen molar-refractivity contribution in [2.75, 3.05) is 16.8 Å². The molecule has 168 valence electrons. The number of aromatic nitrogens is 1. The molecule has 0 radical (unpaired) electrons. The van der Waals surface area contributed by atoms with Crippen LogP contribution in [0, 0.1) is 22.8 Å². The van der Waals surface area contributed by atoms with Crippen molar-refractivity contribution < 1.29 is 14.6 Å². The standard InChI is InChI=1S/C23H18N8O3/c24-9-15-18(26)17-19(29-23(28-11-25)31-21(17)30-20(15)27)13-6-7-16(14(8-13)22(32)33)34-10-12-4-2-1-3-5-12/h1-8,19H,10H2,(H,32,33)(H6,26,27,28,29,30,31). The van der Waals surface area contributed by atoms with E-state index in [1.807, 2.05) is 36.4 Å². The average Bonchev–Trinajstić information content (AvgIpc) is 2.83. The molecule has 1 aromatic heterocycles. The highest BCUT2D eigenvalue weighted by atomic mass is 16.5. The number of aromatic carboxylic acids is 1. The zero-order valence-corrected chi connectivity index (χ0v) is 17.6. The van der Waals surface area contributed by atoms with Crippen LogP contribution in [0.3, 0.4) is 0 Å². The van der Waals surface area contributed by atoms with E-state index in [0.29, 0.717) is 11.1 Å². The molecule has 2 aromatic carbocycles. The molecule has 4 rings (SSSR count). The second kappa shape index (κ2) is 9.06. The molecule has 1 atom stereocenters. The molecule has 0 fully saturated rings. The number of carboxylic acid groups (broad SMARTS) is 1. The lowest BCUT2D eigenvalue weighted by atomic mass is 9.94. The van der Waals surface area contributed by atoms with Crippen molar-refractivity contribution in [3.05, 3.63) is 76.3 Å². The first-order chi connectivity index (χ1) is 16.4. The number of aliphatic imine (C=N–C) groups is 1. The first-order valence-corrected chi connectivity index (χ1v) is 9.95. The number of nitrogens with two attached hydrogens (primary N) is 2. The molecule has 0 aliphatic carbocycles. The lowest BCUT2D eigenvalue weighted by Crippen LogP contribution is -2.32. The Morgan fingerprint density at radius 1 is 1.21 bits per heavy atom. The second-order valence-corrected chi connectivity index (χ2v) is 7.24. The van der Waals surface area contributed by atoms with E-state index < -0.39 is 12.0 Å². The van der Waals surface area contributed by atoms with Crippen LogP contribution in [0.15, 0.2) is 53.5 Å². The van der Waals surface area contributed by atoms with Gasteiger partial charge in [-0.15, -0.1) is 0 Å². The summed E-state index contributed by atoms with van der Waals surface area (Å²) in [6, 6.07) is 15.0. The summed E-state index contributed by atoms with van der Waals surface area (Å²) in [6.45, 7) is 0.187. The van der Waals surface area contributed by atoms with Crippen LogP contribution in [0.4, 0.5) is 17.3 Å². The van der Waals surface area contributed by atoms with Crippen molar-refractivity contribution in [2.45, 2.75) is 12.6 Å². The monoisotopic (exact) mass is 454 g/mol. The minimum Gasteiger partial charge on any atom is -0.488 e. The molecule has 7 N–H and O–H groups in total. The van der Waals surface area contributed by atoms with Gasteiger partial charge in [-0.1, -0.05) is 36.4 Å². The van der Waals surface area contributed by atoms with Gasteiger partial charge in [0.1, 0.15) is 47.2 Å². The van der Waals surface area contributed by atoms with Gasteiger partial charge in [0.15, 0.2) is 6.19 Å². The molecule has 1 aliphatic rings. The van der Waals surface area contributed by atoms with Gasteiger partial charge in [0.05, 0.1) is 5.69 Å². The molecular weight excluding hydrogens is 436 g/mol. The van der Waals surface area contributed by atoms with E-state index in [1.165, 1.54) is 12.1 Å². The van der Waals surface area contributed by atoms with Crippen molar-refractivity contribution in [3.63, 3.8) is 0 Å². The number of nitrogens with one attached hydrogen (secondary N) is 2. The van der Waals surface area contributed by atoms with Crippen LogP contribution in [0.1, 0.15) is 38.7 Å². The SMILES string of the molecule is N#CNC1=NC(c2ccc(OCc3ccccc3)c(C(=O)O)c2)c2c(nc(N)c(C#N)c2N)N1. The molecule has 34 heavy (non-hydrogen) atoms. The maximum atomic E-state index is 12.0. The average molecular weight is 454 g/mol. The van der Waals surface area contributed by atoms with Crippen molar-refractivity contribution >= 4 is 29.3 Å². The zero-order chi connectivity index (χ0) is 24.2. The second-order valence-electron chi connectivity index (χ2n) is 7.24. The van der Waals surface area contributed by atoms with Gasteiger partial charge in [-0.2, -0.15) is 10.5 Å². The summed E-state index contributed by atoms with van der Waals surface area (Å²) in [5.41, 5.74) is 13.7. The van der Waals surface area contributed by atoms with Gasteiger partial charge in [-0.3, -0.25) is 5.32 Å². The minimum atomic E-state index is -1.19. The highest BCUT2D eigenvalue weighted by Crippen LogP contribution is 2.41. The summed E-state index contributed by atoms with van der Waals surface area (Å²) in [6.07, 6.45) is 1.76. The minimum absolute atomic E-state index is 0.0151. The van der Waals surface area contributed by atoms with Crippen LogP contribution in [-0.2, 0) is 6.61 Å². The zero-order valence-electron chi connectivity index (χ0n) is 17.6. The summed E-state index contributed by atoms with van der Waals surface area (Å²) in [5, 5.41) is 33.5. The summed E-state index contributed by atoms with van der Waals surface area (Å²) < 4.78 is 5.75. The number of nitriles is 2. The van der Waals surface area contributed by atoms with E-state index in [2.05, 4.69) is 20.6 Å². The third kappa shape index (κ3) is 4.09. The molecule has 3 aromatic rings. The maximum Gasteiger partial charge on any atom is 0.339 e. The lowest BCUT2D eigenvalue weighted by Gasteiger charge is -2.26. The summed E-state index contributed by atoms with van der Waals surface area (Å²) in [5.74, 6) is -0.835. The highest BCUT2D eigenvalue weighted by Gasteiger charge is 2.30. The van der Waals surface area contributed by atoms with Gasteiger partial charge in [0, 0.05) is 5.56 Å². The Balaban J connectivity index is 1.79. The predicted molar refractivity (Wildman–Crippen MR) is 124 cm³/mol. The number of carboxylic acids is 1. The van der Waals surface area contributed by atoms with Gasteiger partial charge >= 0.3 is 5.97 Å². The quantitative estimate of drug-likeness (QED) is 0.282. The number of fused-ring (bicyclic) bond motifs is 1. The van der Waals surface area contributed by atoms with E-state index in [1.54, 1.807) is 12.3 Å².